The molecule has 1 heterocycles. The molecule has 0 radical (unpaired) electrons. The second-order valence-corrected chi connectivity index (χ2v) is 5.26. The van der Waals surface area contributed by atoms with E-state index in [0.29, 0.717) is 0 Å². The number of thiocarbonyl (C=S) groups is 1. The summed E-state index contributed by atoms with van der Waals surface area (Å²) in [6.07, 6.45) is 1.37. The van der Waals surface area contributed by atoms with E-state index in [1.165, 1.54) is 10.9 Å². The molecule has 1 aromatic carbocycles. The number of hydrazine groups is 1. The van der Waals surface area contributed by atoms with Crippen molar-refractivity contribution in [2.45, 2.75) is 19.9 Å². The summed E-state index contributed by atoms with van der Waals surface area (Å²) < 4.78 is 1.43. The Morgan fingerprint density at radius 2 is 1.95 bits per heavy atom. The van der Waals surface area contributed by atoms with Crippen molar-refractivity contribution in [2.24, 2.45) is 0 Å². The predicted molar refractivity (Wildman–Crippen MR) is 86.7 cm³/mol. The van der Waals surface area contributed by atoms with Gasteiger partial charge in [0.15, 0.2) is 16.6 Å². The highest BCUT2D eigenvalue weighted by atomic mass is 32.1. The lowest BCUT2D eigenvalue weighted by Gasteiger charge is -2.13. The van der Waals surface area contributed by atoms with Gasteiger partial charge in [-0.05, 0) is 38.2 Å². The fraction of sp³-hybridized carbons (Fsp3) is 0.214. The molecule has 8 heteroatoms. The molecule has 4 N–H and O–H groups in total. The number of carbonyl (C=O) groups excluding carboxylic acids is 1. The summed E-state index contributed by atoms with van der Waals surface area (Å²) in [6.45, 7) is 3.84. The van der Waals surface area contributed by atoms with E-state index in [1.54, 1.807) is 0 Å². The molecule has 0 spiro atoms. The molecule has 0 unspecified atom stereocenters. The van der Waals surface area contributed by atoms with Crippen molar-refractivity contribution in [1.29, 1.82) is 0 Å². The molecule has 1 aromatic heterocycles. The molecule has 2 rings (SSSR count). The van der Waals surface area contributed by atoms with Crippen LogP contribution in [0.4, 0.5) is 0 Å². The molecular weight excluding hydrogens is 302 g/mol. The topological polar surface area (TPSA) is 91.2 Å². The van der Waals surface area contributed by atoms with Gasteiger partial charge in [-0.2, -0.15) is 5.10 Å². The van der Waals surface area contributed by atoms with Crippen LogP contribution in [-0.4, -0.2) is 31.9 Å². The van der Waals surface area contributed by atoms with Crippen LogP contribution in [-0.2, 0) is 0 Å². The van der Waals surface area contributed by atoms with Crippen LogP contribution in [0, 0.1) is 0 Å². The summed E-state index contributed by atoms with van der Waals surface area (Å²) in [6, 6.07) is 9.31. The molecule has 0 aliphatic rings. The number of aromatic hydroxyl groups is 1. The van der Waals surface area contributed by atoms with Crippen LogP contribution < -0.4 is 16.2 Å². The number of benzene rings is 1. The molecule has 0 aliphatic carbocycles. The smallest absolute Gasteiger partial charge is 0.294 e. The number of hydrogen-bond acceptors (Lipinski definition) is 4. The van der Waals surface area contributed by atoms with E-state index in [0.717, 1.165) is 5.69 Å². The largest absolute Gasteiger partial charge is 0.504 e. The monoisotopic (exact) mass is 319 g/mol. The van der Waals surface area contributed by atoms with Crippen molar-refractivity contribution < 1.29 is 9.90 Å². The SMILES string of the molecule is CC(C)NC(=S)NNC(=O)c1nn(-c2ccccc2)cc1O. The first-order valence-corrected chi connectivity index (χ1v) is 7.09. The average Bonchev–Trinajstić information content (AvgIpc) is 2.87. The highest BCUT2D eigenvalue weighted by molar-refractivity contribution is 7.80. The average molecular weight is 319 g/mol. The molecule has 1 amide bonds. The van der Waals surface area contributed by atoms with Crippen LogP contribution in [0.5, 0.6) is 5.75 Å². The van der Waals surface area contributed by atoms with Crippen LogP contribution in [0.3, 0.4) is 0 Å². The van der Waals surface area contributed by atoms with E-state index in [4.69, 9.17) is 12.2 Å². The van der Waals surface area contributed by atoms with Gasteiger partial charge in [-0.25, -0.2) is 4.68 Å². The lowest BCUT2D eigenvalue weighted by molar-refractivity contribution is 0.0935. The van der Waals surface area contributed by atoms with Crippen molar-refractivity contribution >= 4 is 23.2 Å². The number of carbonyl (C=O) groups is 1. The fourth-order valence-corrected chi connectivity index (χ4v) is 2.00. The van der Waals surface area contributed by atoms with E-state index in [1.807, 2.05) is 44.2 Å². The minimum Gasteiger partial charge on any atom is -0.504 e. The molecule has 0 saturated heterocycles. The van der Waals surface area contributed by atoms with E-state index >= 15 is 0 Å². The zero-order valence-corrected chi connectivity index (χ0v) is 13.0. The third kappa shape index (κ3) is 3.95. The minimum absolute atomic E-state index is 0.0938. The Balaban J connectivity index is 2.05. The van der Waals surface area contributed by atoms with Crippen LogP contribution in [0.15, 0.2) is 36.5 Å². The number of nitrogens with zero attached hydrogens (tertiary/aromatic N) is 2. The van der Waals surface area contributed by atoms with Crippen LogP contribution in [0.25, 0.3) is 5.69 Å². The van der Waals surface area contributed by atoms with Crippen LogP contribution >= 0.6 is 12.2 Å². The number of nitrogens with one attached hydrogen (secondary N) is 3. The van der Waals surface area contributed by atoms with Gasteiger partial charge >= 0.3 is 0 Å². The molecule has 0 saturated carbocycles. The molecule has 0 fully saturated rings. The van der Waals surface area contributed by atoms with Gasteiger partial charge in [0.1, 0.15) is 0 Å². The summed E-state index contributed by atoms with van der Waals surface area (Å²) in [5, 5.41) is 17.1. The zero-order valence-electron chi connectivity index (χ0n) is 12.2. The Labute approximate surface area is 133 Å². The van der Waals surface area contributed by atoms with Crippen molar-refractivity contribution in [3.05, 3.63) is 42.2 Å². The number of hydrogen-bond donors (Lipinski definition) is 4. The number of para-hydroxylation sites is 1. The lowest BCUT2D eigenvalue weighted by atomic mass is 10.3. The fourth-order valence-electron chi connectivity index (χ4n) is 1.71. The standard InChI is InChI=1S/C14H17N5O2S/c1-9(2)15-14(22)17-16-13(21)12-11(20)8-19(18-12)10-6-4-3-5-7-10/h3-9,20H,1-2H3,(H,16,21)(H2,15,17,22). The second kappa shape index (κ2) is 6.90. The van der Waals surface area contributed by atoms with Crippen LogP contribution in [0.1, 0.15) is 24.3 Å². The van der Waals surface area contributed by atoms with Crippen LogP contribution in [0.2, 0.25) is 0 Å². The molecule has 22 heavy (non-hydrogen) atoms. The molecule has 0 aliphatic heterocycles. The van der Waals surface area contributed by atoms with Crippen molar-refractivity contribution in [3.8, 4) is 11.4 Å². The zero-order chi connectivity index (χ0) is 16.1. The summed E-state index contributed by atoms with van der Waals surface area (Å²) >= 11 is 4.99. The van der Waals surface area contributed by atoms with Gasteiger partial charge in [-0.3, -0.25) is 15.6 Å². The van der Waals surface area contributed by atoms with Crippen molar-refractivity contribution in [1.82, 2.24) is 25.9 Å². The van der Waals surface area contributed by atoms with Gasteiger partial charge < -0.3 is 10.4 Å². The maximum absolute atomic E-state index is 12.0. The molecule has 0 atom stereocenters. The number of aromatic nitrogens is 2. The van der Waals surface area contributed by atoms with E-state index < -0.39 is 5.91 Å². The number of amides is 1. The molecule has 2 aromatic rings. The van der Waals surface area contributed by atoms with E-state index in [9.17, 15) is 9.90 Å². The third-order valence-corrected chi connectivity index (χ3v) is 2.86. The highest BCUT2D eigenvalue weighted by Crippen LogP contribution is 2.17. The van der Waals surface area contributed by atoms with E-state index in [2.05, 4.69) is 21.3 Å². The van der Waals surface area contributed by atoms with Gasteiger partial charge in [-0.15, -0.1) is 0 Å². The van der Waals surface area contributed by atoms with Gasteiger partial charge in [0.2, 0.25) is 0 Å². The predicted octanol–water partition coefficient (Wildman–Crippen LogP) is 1.10. The van der Waals surface area contributed by atoms with E-state index in [-0.39, 0.29) is 22.6 Å². The van der Waals surface area contributed by atoms with Crippen molar-refractivity contribution in [3.63, 3.8) is 0 Å². The lowest BCUT2D eigenvalue weighted by Crippen LogP contribution is -2.48. The highest BCUT2D eigenvalue weighted by Gasteiger charge is 2.17. The Morgan fingerprint density at radius 3 is 2.59 bits per heavy atom. The Bertz CT molecular complexity index is 669. The maximum Gasteiger partial charge on any atom is 0.294 e. The third-order valence-electron chi connectivity index (χ3n) is 2.64. The normalized spacial score (nSPS) is 10.3. The molecule has 0 bridgehead atoms. The summed E-state index contributed by atoms with van der Waals surface area (Å²) in [4.78, 5) is 12.0. The molecular formula is C14H17N5O2S. The first-order chi connectivity index (χ1) is 10.5. The van der Waals surface area contributed by atoms with Gasteiger partial charge in [0.05, 0.1) is 11.9 Å². The van der Waals surface area contributed by atoms with Gasteiger partial charge in [-0.1, -0.05) is 18.2 Å². The first kappa shape index (κ1) is 15.8. The summed E-state index contributed by atoms with van der Waals surface area (Å²) in [5.41, 5.74) is 5.57. The summed E-state index contributed by atoms with van der Waals surface area (Å²) in [5.74, 6) is -0.800. The van der Waals surface area contributed by atoms with Crippen molar-refractivity contribution in [2.75, 3.05) is 0 Å². The van der Waals surface area contributed by atoms with Gasteiger partial charge in [0, 0.05) is 6.04 Å². The van der Waals surface area contributed by atoms with Gasteiger partial charge in [0.25, 0.3) is 5.91 Å². The maximum atomic E-state index is 12.0. The molecule has 7 nitrogen and oxygen atoms in total. The Kier molecular flexibility index (Phi) is 4.95. The number of rotatable bonds is 3. The second-order valence-electron chi connectivity index (χ2n) is 4.85. The minimum atomic E-state index is -0.583. The quantitative estimate of drug-likeness (QED) is 0.500. The Morgan fingerprint density at radius 1 is 1.27 bits per heavy atom. The summed E-state index contributed by atoms with van der Waals surface area (Å²) in [7, 11) is 0. The molecule has 116 valence electrons. The Hall–Kier alpha value is -2.61. The first-order valence-electron chi connectivity index (χ1n) is 6.68.